The summed E-state index contributed by atoms with van der Waals surface area (Å²) >= 11 is 0. The molecule has 1 aliphatic heterocycles. The molecule has 6 atom stereocenters. The first-order valence-corrected chi connectivity index (χ1v) is 12.2. The molecular formula is C27H36O8. The Morgan fingerprint density at radius 1 is 1.06 bits per heavy atom. The Morgan fingerprint density at radius 3 is 2.31 bits per heavy atom. The molecule has 0 spiro atoms. The summed E-state index contributed by atoms with van der Waals surface area (Å²) in [5.41, 5.74) is 2.37. The molecule has 0 saturated carbocycles. The number of carbonyl (C=O) groups is 4. The van der Waals surface area contributed by atoms with E-state index in [0.29, 0.717) is 24.8 Å². The minimum Gasteiger partial charge on any atom is -0.462 e. The minimum absolute atomic E-state index is 0.196. The van der Waals surface area contributed by atoms with E-state index in [1.54, 1.807) is 19.9 Å². The predicted molar refractivity (Wildman–Crippen MR) is 127 cm³/mol. The second kappa shape index (κ2) is 10.4. The van der Waals surface area contributed by atoms with Crippen LogP contribution in [0.15, 0.2) is 34.4 Å². The highest BCUT2D eigenvalue weighted by Gasteiger charge is 2.57. The van der Waals surface area contributed by atoms with Crippen molar-refractivity contribution in [1.29, 1.82) is 0 Å². The Bertz CT molecular complexity index is 1000. The van der Waals surface area contributed by atoms with Crippen LogP contribution in [0.25, 0.3) is 0 Å². The van der Waals surface area contributed by atoms with Crippen LogP contribution in [0, 0.1) is 11.3 Å². The lowest BCUT2D eigenvalue weighted by Gasteiger charge is -2.52. The van der Waals surface area contributed by atoms with Crippen LogP contribution in [-0.4, -0.2) is 48.3 Å². The molecule has 3 rings (SSSR count). The lowest BCUT2D eigenvalue weighted by Crippen LogP contribution is -2.59. The van der Waals surface area contributed by atoms with E-state index in [1.165, 1.54) is 13.8 Å². The van der Waals surface area contributed by atoms with Gasteiger partial charge in [0.15, 0.2) is 12.2 Å². The summed E-state index contributed by atoms with van der Waals surface area (Å²) in [6.45, 7) is 11.9. The smallest absolute Gasteiger partial charge is 0.334 e. The summed E-state index contributed by atoms with van der Waals surface area (Å²) in [6, 6.07) is 0. The summed E-state index contributed by atoms with van der Waals surface area (Å²) in [4.78, 5) is 49.3. The van der Waals surface area contributed by atoms with Crippen molar-refractivity contribution in [2.24, 2.45) is 11.3 Å². The zero-order valence-corrected chi connectivity index (χ0v) is 21.6. The van der Waals surface area contributed by atoms with Crippen LogP contribution in [0.3, 0.4) is 0 Å². The lowest BCUT2D eigenvalue weighted by atomic mass is 9.58. The zero-order valence-electron chi connectivity index (χ0n) is 21.6. The molecule has 0 aromatic carbocycles. The molecule has 0 bridgehead atoms. The number of fused-ring (bicyclic) bond motifs is 2. The van der Waals surface area contributed by atoms with Gasteiger partial charge in [-0.3, -0.25) is 14.4 Å². The quantitative estimate of drug-likeness (QED) is 0.331. The third kappa shape index (κ3) is 5.36. The van der Waals surface area contributed by atoms with Crippen LogP contribution in [0.2, 0.25) is 0 Å². The number of hydrogen-bond donors (Lipinski definition) is 0. The number of rotatable bonds is 4. The molecule has 1 heterocycles. The van der Waals surface area contributed by atoms with E-state index in [1.807, 2.05) is 26.8 Å². The van der Waals surface area contributed by atoms with E-state index < -0.39 is 41.8 Å². The van der Waals surface area contributed by atoms with E-state index in [4.69, 9.17) is 18.9 Å². The third-order valence-electron chi connectivity index (χ3n) is 7.52. The molecule has 35 heavy (non-hydrogen) atoms. The van der Waals surface area contributed by atoms with Gasteiger partial charge in [-0.1, -0.05) is 25.0 Å². The van der Waals surface area contributed by atoms with Crippen LogP contribution in [0.4, 0.5) is 0 Å². The maximum Gasteiger partial charge on any atom is 0.334 e. The van der Waals surface area contributed by atoms with Crippen molar-refractivity contribution < 1.29 is 38.1 Å². The van der Waals surface area contributed by atoms with Crippen molar-refractivity contribution in [2.45, 2.75) is 98.6 Å². The lowest BCUT2D eigenvalue weighted by molar-refractivity contribution is -0.198. The van der Waals surface area contributed by atoms with Crippen LogP contribution >= 0.6 is 0 Å². The highest BCUT2D eigenvalue weighted by atomic mass is 16.6. The molecule has 0 fully saturated rings. The predicted octanol–water partition coefficient (Wildman–Crippen LogP) is 4.13. The number of esters is 4. The van der Waals surface area contributed by atoms with Crippen molar-refractivity contribution in [1.82, 2.24) is 0 Å². The SMILES string of the molecule is CCC(=O)O[C@H]1CC/C(C)=C\[C@@H]2OC(=O)C(C)=C2C[C@H]2C(C)=C[C@H](OC(C)=O)[C@H](OC(C)=O)[C@]12C. The fourth-order valence-electron chi connectivity index (χ4n) is 5.64. The molecule has 0 N–H and O–H groups in total. The van der Waals surface area contributed by atoms with Crippen LogP contribution in [-0.2, 0) is 38.1 Å². The molecule has 8 heteroatoms. The van der Waals surface area contributed by atoms with Gasteiger partial charge in [-0.2, -0.15) is 0 Å². The van der Waals surface area contributed by atoms with Gasteiger partial charge in [0.25, 0.3) is 0 Å². The molecule has 0 radical (unpaired) electrons. The Morgan fingerprint density at radius 2 is 1.71 bits per heavy atom. The van der Waals surface area contributed by atoms with Crippen LogP contribution < -0.4 is 0 Å². The number of ether oxygens (including phenoxy) is 4. The minimum atomic E-state index is -0.948. The van der Waals surface area contributed by atoms with Gasteiger partial charge in [-0.05, 0) is 63.7 Å². The molecule has 0 aromatic rings. The van der Waals surface area contributed by atoms with Crippen LogP contribution in [0.1, 0.15) is 74.1 Å². The Kier molecular flexibility index (Phi) is 7.92. The summed E-state index contributed by atoms with van der Waals surface area (Å²) in [5.74, 6) is -2.02. The Labute approximate surface area is 206 Å². The molecule has 3 aliphatic rings. The van der Waals surface area contributed by atoms with Gasteiger partial charge in [-0.25, -0.2) is 4.79 Å². The fraction of sp³-hybridized carbons (Fsp3) is 0.630. The van der Waals surface area contributed by atoms with Gasteiger partial charge in [0, 0.05) is 25.8 Å². The summed E-state index contributed by atoms with van der Waals surface area (Å²) in [6.07, 6.45) is 2.61. The molecule has 8 nitrogen and oxygen atoms in total. The van der Waals surface area contributed by atoms with E-state index >= 15 is 0 Å². The van der Waals surface area contributed by atoms with Gasteiger partial charge in [0.05, 0.1) is 5.41 Å². The first kappa shape index (κ1) is 26.7. The highest BCUT2D eigenvalue weighted by Crippen LogP contribution is 2.52. The Balaban J connectivity index is 2.24. The second-order valence-electron chi connectivity index (χ2n) is 10.00. The maximum absolute atomic E-state index is 12.6. The molecule has 0 saturated heterocycles. The highest BCUT2D eigenvalue weighted by molar-refractivity contribution is 5.92. The van der Waals surface area contributed by atoms with E-state index in [-0.39, 0.29) is 24.3 Å². The standard InChI is InChI=1S/C27H36O8/c1-8-24(30)35-23-10-9-14(2)11-21-19(16(4)26(31)34-21)13-20-15(3)12-22(32-17(5)28)25(27(20,23)7)33-18(6)29/h11-12,20-23,25H,8-10,13H2,1-7H3/b14-11-/t20-,21-,22-,23-,25-,27-/m0/s1. The molecule has 0 aromatic heterocycles. The topological polar surface area (TPSA) is 105 Å². The Hall–Kier alpha value is -2.90. The molecule has 192 valence electrons. The van der Waals surface area contributed by atoms with Gasteiger partial charge in [-0.15, -0.1) is 0 Å². The monoisotopic (exact) mass is 488 g/mol. The van der Waals surface area contributed by atoms with E-state index in [0.717, 1.165) is 16.7 Å². The third-order valence-corrected chi connectivity index (χ3v) is 7.52. The van der Waals surface area contributed by atoms with Crippen molar-refractivity contribution in [3.05, 3.63) is 34.4 Å². The fourth-order valence-corrected chi connectivity index (χ4v) is 5.64. The first-order valence-electron chi connectivity index (χ1n) is 12.2. The van der Waals surface area contributed by atoms with Crippen molar-refractivity contribution >= 4 is 23.9 Å². The molecule has 0 unspecified atom stereocenters. The van der Waals surface area contributed by atoms with Crippen LogP contribution in [0.5, 0.6) is 0 Å². The number of hydrogen-bond acceptors (Lipinski definition) is 8. The molecule has 2 aliphatic carbocycles. The van der Waals surface area contributed by atoms with Crippen molar-refractivity contribution in [3.63, 3.8) is 0 Å². The largest absolute Gasteiger partial charge is 0.462 e. The van der Waals surface area contributed by atoms with Gasteiger partial charge in [0.1, 0.15) is 12.2 Å². The zero-order chi connectivity index (χ0) is 26.1. The molecular weight excluding hydrogens is 452 g/mol. The summed E-state index contributed by atoms with van der Waals surface area (Å²) < 4.78 is 23.1. The van der Waals surface area contributed by atoms with E-state index in [9.17, 15) is 19.2 Å². The van der Waals surface area contributed by atoms with Crippen molar-refractivity contribution in [3.8, 4) is 0 Å². The summed E-state index contributed by atoms with van der Waals surface area (Å²) in [7, 11) is 0. The normalized spacial score (nSPS) is 34.4. The number of carbonyl (C=O) groups excluding carboxylic acids is 4. The van der Waals surface area contributed by atoms with Crippen molar-refractivity contribution in [2.75, 3.05) is 0 Å². The maximum atomic E-state index is 12.6. The number of allylic oxidation sites excluding steroid dienone is 2. The average Bonchev–Trinajstić information content (AvgIpc) is 3.02. The average molecular weight is 489 g/mol. The summed E-state index contributed by atoms with van der Waals surface area (Å²) in [5, 5.41) is 0. The molecule has 0 amide bonds. The van der Waals surface area contributed by atoms with E-state index in [2.05, 4.69) is 0 Å². The van der Waals surface area contributed by atoms with Gasteiger partial charge < -0.3 is 18.9 Å². The van der Waals surface area contributed by atoms with Gasteiger partial charge in [0.2, 0.25) is 0 Å². The second-order valence-corrected chi connectivity index (χ2v) is 10.00. The van der Waals surface area contributed by atoms with Gasteiger partial charge >= 0.3 is 23.9 Å². The first-order chi connectivity index (χ1) is 16.4.